The van der Waals surface area contributed by atoms with E-state index in [0.29, 0.717) is 6.54 Å². The van der Waals surface area contributed by atoms with Crippen LogP contribution in [0.3, 0.4) is 0 Å². The summed E-state index contributed by atoms with van der Waals surface area (Å²) in [6, 6.07) is 0. The summed E-state index contributed by atoms with van der Waals surface area (Å²) in [7, 11) is 0. The Morgan fingerprint density at radius 2 is 1.67 bits per heavy atom. The number of aliphatic carboxylic acids is 1. The molecule has 0 aromatic heterocycles. The van der Waals surface area contributed by atoms with Gasteiger partial charge in [0.2, 0.25) is 11.8 Å². The van der Waals surface area contributed by atoms with Crippen molar-refractivity contribution in [3.8, 4) is 0 Å². The Morgan fingerprint density at radius 3 is 2.17 bits per heavy atom. The van der Waals surface area contributed by atoms with Gasteiger partial charge in [0.05, 0.1) is 6.42 Å². The first-order chi connectivity index (χ1) is 8.26. The molecule has 0 heterocycles. The van der Waals surface area contributed by atoms with Crippen molar-refractivity contribution >= 4 is 17.8 Å². The number of amides is 2. The van der Waals surface area contributed by atoms with Gasteiger partial charge in [-0.25, -0.2) is 0 Å². The molecule has 0 saturated heterocycles. The normalized spacial score (nSPS) is 10.8. The largest absolute Gasteiger partial charge is 0.481 e. The summed E-state index contributed by atoms with van der Waals surface area (Å²) in [5.74, 6) is -1.26. The molecule has 0 aliphatic rings. The first-order valence-corrected chi connectivity index (χ1v) is 6.02. The maximum Gasteiger partial charge on any atom is 0.303 e. The average Bonchev–Trinajstić information content (AvgIpc) is 2.14. The first-order valence-electron chi connectivity index (χ1n) is 6.02. The van der Waals surface area contributed by atoms with E-state index in [1.807, 2.05) is 6.92 Å². The molecule has 6 heteroatoms. The molecule has 3 N–H and O–H groups in total. The molecule has 0 spiro atoms. The molecule has 0 aromatic carbocycles. The minimum atomic E-state index is -0.921. The van der Waals surface area contributed by atoms with Crippen molar-refractivity contribution in [1.29, 1.82) is 0 Å². The van der Waals surface area contributed by atoms with Crippen LogP contribution < -0.4 is 10.6 Å². The zero-order chi connectivity index (χ0) is 14.2. The minimum absolute atomic E-state index is 0.0588. The number of hydrogen-bond donors (Lipinski definition) is 3. The van der Waals surface area contributed by atoms with E-state index in [0.717, 1.165) is 0 Å². The van der Waals surface area contributed by atoms with Gasteiger partial charge in [-0.3, -0.25) is 14.4 Å². The first kappa shape index (κ1) is 16.4. The molecular weight excluding hydrogens is 236 g/mol. The number of carbonyl (C=O) groups is 3. The Hall–Kier alpha value is -1.59. The van der Waals surface area contributed by atoms with Crippen LogP contribution in [0.25, 0.3) is 0 Å². The number of hydrogen-bond acceptors (Lipinski definition) is 3. The van der Waals surface area contributed by atoms with E-state index in [1.165, 1.54) is 0 Å². The van der Waals surface area contributed by atoms with Crippen molar-refractivity contribution in [2.75, 3.05) is 13.1 Å². The van der Waals surface area contributed by atoms with E-state index in [9.17, 15) is 14.4 Å². The van der Waals surface area contributed by atoms with Crippen LogP contribution in [0.4, 0.5) is 0 Å². The third-order valence-electron chi connectivity index (χ3n) is 2.32. The highest BCUT2D eigenvalue weighted by molar-refractivity contribution is 5.79. The van der Waals surface area contributed by atoms with Crippen molar-refractivity contribution < 1.29 is 19.5 Å². The maximum atomic E-state index is 11.5. The summed E-state index contributed by atoms with van der Waals surface area (Å²) in [5.41, 5.74) is -0.582. The number of carboxylic acid groups (broad SMARTS) is 1. The van der Waals surface area contributed by atoms with E-state index in [4.69, 9.17) is 5.11 Å². The number of carboxylic acids is 1. The van der Waals surface area contributed by atoms with Gasteiger partial charge in [-0.2, -0.15) is 0 Å². The average molecular weight is 258 g/mol. The SMILES string of the molecule is CCNC(=O)CCNC(=O)CC(C)(C)CC(=O)O. The lowest BCUT2D eigenvalue weighted by molar-refractivity contribution is -0.139. The smallest absolute Gasteiger partial charge is 0.303 e. The molecule has 0 radical (unpaired) electrons. The van der Waals surface area contributed by atoms with Gasteiger partial charge in [-0.1, -0.05) is 13.8 Å². The van der Waals surface area contributed by atoms with Crippen LogP contribution in [0.1, 0.15) is 40.0 Å². The summed E-state index contributed by atoms with van der Waals surface area (Å²) < 4.78 is 0. The summed E-state index contributed by atoms with van der Waals surface area (Å²) in [4.78, 5) is 33.2. The van der Waals surface area contributed by atoms with Gasteiger partial charge in [-0.15, -0.1) is 0 Å². The second-order valence-electron chi connectivity index (χ2n) is 4.96. The van der Waals surface area contributed by atoms with Crippen molar-refractivity contribution in [3.63, 3.8) is 0 Å². The van der Waals surface area contributed by atoms with Gasteiger partial charge >= 0.3 is 5.97 Å². The predicted octanol–water partition coefficient (Wildman–Crippen LogP) is 0.520. The topological polar surface area (TPSA) is 95.5 Å². The molecule has 0 aromatic rings. The summed E-state index contributed by atoms with van der Waals surface area (Å²) in [6.45, 7) is 6.12. The van der Waals surface area contributed by atoms with Gasteiger partial charge in [0.1, 0.15) is 0 Å². The molecule has 18 heavy (non-hydrogen) atoms. The Bertz CT molecular complexity index is 313. The molecule has 0 aliphatic heterocycles. The van der Waals surface area contributed by atoms with Gasteiger partial charge in [0, 0.05) is 25.9 Å². The number of carbonyl (C=O) groups excluding carboxylic acids is 2. The lowest BCUT2D eigenvalue weighted by atomic mass is 9.85. The fourth-order valence-corrected chi connectivity index (χ4v) is 1.57. The number of nitrogens with one attached hydrogen (secondary N) is 2. The van der Waals surface area contributed by atoms with Crippen LogP contribution in [0.15, 0.2) is 0 Å². The second kappa shape index (κ2) is 7.68. The van der Waals surface area contributed by atoms with E-state index in [1.54, 1.807) is 13.8 Å². The van der Waals surface area contributed by atoms with Crippen LogP contribution in [-0.4, -0.2) is 36.0 Å². The summed E-state index contributed by atoms with van der Waals surface area (Å²) in [5, 5.41) is 13.9. The molecule has 0 aliphatic carbocycles. The van der Waals surface area contributed by atoms with Gasteiger partial charge < -0.3 is 15.7 Å². The van der Waals surface area contributed by atoms with Gasteiger partial charge in [0.25, 0.3) is 0 Å². The summed E-state index contributed by atoms with van der Waals surface area (Å²) >= 11 is 0. The van der Waals surface area contributed by atoms with E-state index in [-0.39, 0.29) is 37.6 Å². The quantitative estimate of drug-likeness (QED) is 0.591. The van der Waals surface area contributed by atoms with Crippen molar-refractivity contribution in [1.82, 2.24) is 10.6 Å². The van der Waals surface area contributed by atoms with Crippen LogP contribution in [0, 0.1) is 5.41 Å². The highest BCUT2D eigenvalue weighted by Crippen LogP contribution is 2.24. The van der Waals surface area contributed by atoms with Crippen LogP contribution in [-0.2, 0) is 14.4 Å². The Morgan fingerprint density at radius 1 is 1.06 bits per heavy atom. The zero-order valence-corrected chi connectivity index (χ0v) is 11.2. The molecule has 0 bridgehead atoms. The molecule has 0 rings (SSSR count). The molecule has 0 saturated carbocycles. The highest BCUT2D eigenvalue weighted by Gasteiger charge is 2.24. The van der Waals surface area contributed by atoms with E-state index in [2.05, 4.69) is 10.6 Å². The number of rotatable bonds is 8. The third kappa shape index (κ3) is 8.55. The maximum absolute atomic E-state index is 11.5. The molecular formula is C12H22N2O4. The lowest BCUT2D eigenvalue weighted by Crippen LogP contribution is -2.33. The van der Waals surface area contributed by atoms with Crippen LogP contribution in [0.5, 0.6) is 0 Å². The minimum Gasteiger partial charge on any atom is -0.481 e. The second-order valence-corrected chi connectivity index (χ2v) is 4.96. The Balaban J connectivity index is 3.90. The Kier molecular flexibility index (Phi) is 7.00. The van der Waals surface area contributed by atoms with E-state index < -0.39 is 11.4 Å². The zero-order valence-electron chi connectivity index (χ0n) is 11.2. The molecule has 0 unspecified atom stereocenters. The monoisotopic (exact) mass is 258 g/mol. The van der Waals surface area contributed by atoms with Gasteiger partial charge in [-0.05, 0) is 12.3 Å². The van der Waals surface area contributed by atoms with Crippen molar-refractivity contribution in [3.05, 3.63) is 0 Å². The van der Waals surface area contributed by atoms with Crippen molar-refractivity contribution in [2.45, 2.75) is 40.0 Å². The predicted molar refractivity (Wildman–Crippen MR) is 67.0 cm³/mol. The standard InChI is InChI=1S/C12H22N2O4/c1-4-13-9(15)5-6-14-10(16)7-12(2,3)8-11(17)18/h4-8H2,1-3H3,(H,13,15)(H,14,16)(H,17,18). The fourth-order valence-electron chi connectivity index (χ4n) is 1.57. The molecule has 0 atom stereocenters. The van der Waals surface area contributed by atoms with Gasteiger partial charge in [0.15, 0.2) is 0 Å². The lowest BCUT2D eigenvalue weighted by Gasteiger charge is -2.21. The highest BCUT2D eigenvalue weighted by atomic mass is 16.4. The molecule has 104 valence electrons. The summed E-state index contributed by atoms with van der Waals surface area (Å²) in [6.07, 6.45) is 0.310. The fraction of sp³-hybridized carbons (Fsp3) is 0.750. The Labute approximate surface area is 107 Å². The molecule has 0 fully saturated rings. The van der Waals surface area contributed by atoms with Crippen LogP contribution in [0.2, 0.25) is 0 Å². The molecule has 6 nitrogen and oxygen atoms in total. The third-order valence-corrected chi connectivity index (χ3v) is 2.32. The van der Waals surface area contributed by atoms with Crippen LogP contribution >= 0.6 is 0 Å². The van der Waals surface area contributed by atoms with E-state index >= 15 is 0 Å². The molecule has 2 amide bonds. The van der Waals surface area contributed by atoms with Crippen molar-refractivity contribution in [2.24, 2.45) is 5.41 Å².